The van der Waals surface area contributed by atoms with Crippen molar-refractivity contribution in [1.29, 1.82) is 0 Å². The smallest absolute Gasteiger partial charge is 0.286 e. The van der Waals surface area contributed by atoms with Crippen LogP contribution >= 0.6 is 11.8 Å². The van der Waals surface area contributed by atoms with Crippen LogP contribution in [0.15, 0.2) is 64.6 Å². The first kappa shape index (κ1) is 17.0. The van der Waals surface area contributed by atoms with Gasteiger partial charge < -0.3 is 10.3 Å². The summed E-state index contributed by atoms with van der Waals surface area (Å²) in [5.74, 6) is -0.329. The third kappa shape index (κ3) is 3.34. The van der Waals surface area contributed by atoms with Gasteiger partial charge in [0.15, 0.2) is 5.17 Å². The number of rotatable bonds is 4. The lowest BCUT2D eigenvalue weighted by Crippen LogP contribution is -2.01. The van der Waals surface area contributed by atoms with Crippen LogP contribution in [0.4, 0.5) is 5.69 Å². The van der Waals surface area contributed by atoms with Crippen LogP contribution in [0.1, 0.15) is 11.1 Å². The number of hydrogen-bond donors (Lipinski definition) is 1. The number of para-hydroxylation sites is 1. The first-order valence-corrected chi connectivity index (χ1v) is 8.92. The molecule has 3 aromatic rings. The van der Waals surface area contributed by atoms with E-state index in [1.807, 2.05) is 30.5 Å². The van der Waals surface area contributed by atoms with Crippen molar-refractivity contribution < 1.29 is 9.72 Å². The molecule has 1 aromatic heterocycles. The zero-order valence-electron chi connectivity index (χ0n) is 14.0. The molecule has 0 spiro atoms. The highest BCUT2D eigenvalue weighted by atomic mass is 32.2. The van der Waals surface area contributed by atoms with Crippen molar-refractivity contribution in [1.82, 2.24) is 4.57 Å². The molecule has 8 heteroatoms. The summed E-state index contributed by atoms with van der Waals surface area (Å²) in [4.78, 5) is 26.5. The van der Waals surface area contributed by atoms with Crippen molar-refractivity contribution >= 4 is 45.5 Å². The minimum Gasteiger partial charge on any atom is -0.378 e. The molecule has 4 rings (SSSR count). The second kappa shape index (κ2) is 6.73. The molecule has 1 amide bonds. The summed E-state index contributed by atoms with van der Waals surface area (Å²) in [6.45, 7) is 0.557. The number of hydrogen-bond acceptors (Lipinski definition) is 5. The molecule has 27 heavy (non-hydrogen) atoms. The van der Waals surface area contributed by atoms with E-state index >= 15 is 0 Å². The lowest BCUT2D eigenvalue weighted by Gasteiger charge is -2.05. The third-order valence-corrected chi connectivity index (χ3v) is 5.06. The Kier molecular flexibility index (Phi) is 4.25. The van der Waals surface area contributed by atoms with Crippen molar-refractivity contribution in [3.05, 3.63) is 80.9 Å². The van der Waals surface area contributed by atoms with Gasteiger partial charge in [0.1, 0.15) is 0 Å². The number of fused-ring (bicyclic) bond motifs is 1. The highest BCUT2D eigenvalue weighted by Crippen LogP contribution is 2.30. The summed E-state index contributed by atoms with van der Waals surface area (Å²) in [7, 11) is 0. The molecule has 1 aliphatic rings. The Morgan fingerprint density at radius 1 is 1.19 bits per heavy atom. The van der Waals surface area contributed by atoms with Gasteiger partial charge in [-0.1, -0.05) is 30.3 Å². The number of nitrogens with two attached hydrogens (primary N) is 1. The number of carbonyl (C=O) groups is 1. The van der Waals surface area contributed by atoms with E-state index in [4.69, 9.17) is 5.73 Å². The normalized spacial score (nSPS) is 15.5. The number of amides is 1. The Hall–Kier alpha value is -3.39. The van der Waals surface area contributed by atoms with Crippen LogP contribution in [-0.4, -0.2) is 20.6 Å². The van der Waals surface area contributed by atoms with E-state index in [9.17, 15) is 14.9 Å². The summed E-state index contributed by atoms with van der Waals surface area (Å²) in [6, 6.07) is 14.4. The molecule has 0 unspecified atom stereocenters. The quantitative estimate of drug-likeness (QED) is 0.425. The highest BCUT2D eigenvalue weighted by Gasteiger charge is 2.20. The maximum atomic E-state index is 11.9. The summed E-state index contributed by atoms with van der Waals surface area (Å²) < 4.78 is 2.05. The van der Waals surface area contributed by atoms with Gasteiger partial charge in [-0.25, -0.2) is 0 Å². The Bertz CT molecular complexity index is 1130. The molecule has 0 aliphatic carbocycles. The first-order chi connectivity index (χ1) is 13.0. The van der Waals surface area contributed by atoms with Gasteiger partial charge in [0.05, 0.1) is 9.83 Å². The van der Waals surface area contributed by atoms with E-state index in [0.29, 0.717) is 11.4 Å². The SMILES string of the molecule is NC1=NC(=O)/C(=C\c2cn(Cc3ccc([N+](=O)[O-])cc3)c3ccccc23)S1. The van der Waals surface area contributed by atoms with E-state index in [1.165, 1.54) is 12.1 Å². The van der Waals surface area contributed by atoms with Crippen LogP contribution in [0.3, 0.4) is 0 Å². The predicted molar refractivity (Wildman–Crippen MR) is 106 cm³/mol. The number of carbonyl (C=O) groups excluding carboxylic acids is 1. The van der Waals surface area contributed by atoms with Crippen LogP contribution < -0.4 is 5.73 Å². The molecule has 0 atom stereocenters. The monoisotopic (exact) mass is 378 g/mol. The topological polar surface area (TPSA) is 104 Å². The summed E-state index contributed by atoms with van der Waals surface area (Å²) in [6.07, 6.45) is 3.76. The van der Waals surface area contributed by atoms with Gasteiger partial charge in [-0.05, 0) is 29.5 Å². The van der Waals surface area contributed by atoms with Crippen LogP contribution in [0.5, 0.6) is 0 Å². The van der Waals surface area contributed by atoms with Crippen molar-refractivity contribution in [2.24, 2.45) is 10.7 Å². The number of aliphatic imine (C=N–C) groups is 1. The minimum absolute atomic E-state index is 0.0656. The molecule has 0 saturated heterocycles. The van der Waals surface area contributed by atoms with Gasteiger partial charge in [-0.15, -0.1) is 0 Å². The minimum atomic E-state index is -0.414. The second-order valence-electron chi connectivity index (χ2n) is 6.02. The maximum absolute atomic E-state index is 11.9. The molecule has 0 fully saturated rings. The molecule has 0 saturated carbocycles. The molecular formula is C19H14N4O3S. The van der Waals surface area contributed by atoms with Crippen molar-refractivity contribution in [2.45, 2.75) is 6.54 Å². The molecule has 2 N–H and O–H groups in total. The molecular weight excluding hydrogens is 364 g/mol. The number of benzene rings is 2. The fourth-order valence-electron chi connectivity index (χ4n) is 3.01. The molecule has 2 aromatic carbocycles. The van der Waals surface area contributed by atoms with Gasteiger partial charge in [-0.3, -0.25) is 14.9 Å². The van der Waals surface area contributed by atoms with Gasteiger partial charge in [0.25, 0.3) is 11.6 Å². The highest BCUT2D eigenvalue weighted by molar-refractivity contribution is 8.18. The van der Waals surface area contributed by atoms with E-state index in [0.717, 1.165) is 33.8 Å². The Balaban J connectivity index is 1.71. The second-order valence-corrected chi connectivity index (χ2v) is 7.08. The van der Waals surface area contributed by atoms with Crippen molar-refractivity contribution in [3.63, 3.8) is 0 Å². The van der Waals surface area contributed by atoms with Crippen LogP contribution in [-0.2, 0) is 11.3 Å². The largest absolute Gasteiger partial charge is 0.378 e. The Labute approximate surface area is 158 Å². The van der Waals surface area contributed by atoms with Gasteiger partial charge in [0, 0.05) is 41.3 Å². The fourth-order valence-corrected chi connectivity index (χ4v) is 3.68. The van der Waals surface area contributed by atoms with E-state index in [-0.39, 0.29) is 16.8 Å². The van der Waals surface area contributed by atoms with E-state index < -0.39 is 4.92 Å². The molecule has 0 radical (unpaired) electrons. The maximum Gasteiger partial charge on any atom is 0.286 e. The average molecular weight is 378 g/mol. The van der Waals surface area contributed by atoms with Crippen LogP contribution in [0.2, 0.25) is 0 Å². The summed E-state index contributed by atoms with van der Waals surface area (Å²) in [5.41, 5.74) is 8.53. The Morgan fingerprint density at radius 2 is 1.93 bits per heavy atom. The van der Waals surface area contributed by atoms with Gasteiger partial charge in [-0.2, -0.15) is 4.99 Å². The van der Waals surface area contributed by atoms with Crippen molar-refractivity contribution in [3.8, 4) is 0 Å². The lowest BCUT2D eigenvalue weighted by atomic mass is 10.1. The number of aromatic nitrogens is 1. The van der Waals surface area contributed by atoms with Gasteiger partial charge >= 0.3 is 0 Å². The number of non-ortho nitro benzene ring substituents is 1. The van der Waals surface area contributed by atoms with Gasteiger partial charge in [0.2, 0.25) is 0 Å². The number of thioether (sulfide) groups is 1. The van der Waals surface area contributed by atoms with Crippen molar-refractivity contribution in [2.75, 3.05) is 0 Å². The summed E-state index contributed by atoms with van der Waals surface area (Å²) in [5, 5.41) is 12.1. The van der Waals surface area contributed by atoms with E-state index in [1.54, 1.807) is 18.2 Å². The number of nitro benzene ring substituents is 1. The van der Waals surface area contributed by atoms with Crippen LogP contribution in [0.25, 0.3) is 17.0 Å². The lowest BCUT2D eigenvalue weighted by molar-refractivity contribution is -0.384. The standard InChI is InChI=1S/C19H14N4O3S/c20-19-21-18(24)17(27-19)9-13-11-22(16-4-2-1-3-15(13)16)10-12-5-7-14(8-6-12)23(25)26/h1-9,11H,10H2,(H2,20,21,24)/b17-9+. The number of amidine groups is 1. The molecule has 1 aliphatic heterocycles. The molecule has 0 bridgehead atoms. The average Bonchev–Trinajstić information content (AvgIpc) is 3.15. The fraction of sp³-hybridized carbons (Fsp3) is 0.0526. The molecule has 2 heterocycles. The zero-order valence-corrected chi connectivity index (χ0v) is 14.8. The Morgan fingerprint density at radius 3 is 2.59 bits per heavy atom. The van der Waals surface area contributed by atoms with E-state index in [2.05, 4.69) is 9.56 Å². The molecule has 7 nitrogen and oxygen atoms in total. The number of nitrogens with zero attached hydrogens (tertiary/aromatic N) is 3. The zero-order chi connectivity index (χ0) is 19.0. The number of nitro groups is 1. The molecule has 134 valence electrons. The summed E-state index contributed by atoms with van der Waals surface area (Å²) >= 11 is 1.16. The van der Waals surface area contributed by atoms with Crippen LogP contribution in [0, 0.1) is 10.1 Å². The predicted octanol–water partition coefficient (Wildman–Crippen LogP) is 3.53. The third-order valence-electron chi connectivity index (χ3n) is 4.24. The first-order valence-electron chi connectivity index (χ1n) is 8.10.